The van der Waals surface area contributed by atoms with E-state index in [9.17, 15) is 10.1 Å². The van der Waals surface area contributed by atoms with E-state index in [0.717, 1.165) is 42.7 Å². The molecule has 9 heteroatoms. The van der Waals surface area contributed by atoms with Crippen LogP contribution in [0.4, 0.5) is 11.4 Å². The van der Waals surface area contributed by atoms with Gasteiger partial charge in [-0.05, 0) is 37.5 Å². The summed E-state index contributed by atoms with van der Waals surface area (Å²) in [4.78, 5) is 17.4. The van der Waals surface area contributed by atoms with E-state index in [0.29, 0.717) is 22.5 Å². The van der Waals surface area contributed by atoms with Gasteiger partial charge < -0.3 is 14.2 Å². The Morgan fingerprint density at radius 3 is 2.67 bits per heavy atom. The van der Waals surface area contributed by atoms with Gasteiger partial charge in [0.2, 0.25) is 0 Å². The summed E-state index contributed by atoms with van der Waals surface area (Å²) in [6.45, 7) is 3.35. The molecule has 30 heavy (non-hydrogen) atoms. The minimum atomic E-state index is -0.426. The summed E-state index contributed by atoms with van der Waals surface area (Å²) in [6.07, 6.45) is 1.66. The third-order valence-electron chi connectivity index (χ3n) is 5.41. The van der Waals surface area contributed by atoms with Crippen molar-refractivity contribution in [2.45, 2.75) is 25.7 Å². The molecule has 0 unspecified atom stereocenters. The van der Waals surface area contributed by atoms with Crippen molar-refractivity contribution >= 4 is 23.0 Å². The number of aryl methyl sites for hydroxylation is 1. The second kappa shape index (κ2) is 8.31. The molecule has 8 nitrogen and oxygen atoms in total. The van der Waals surface area contributed by atoms with Crippen LogP contribution < -0.4 is 9.64 Å². The lowest BCUT2D eigenvalue weighted by Gasteiger charge is -2.33. The monoisotopic (exact) mass is 428 g/mol. The van der Waals surface area contributed by atoms with Crippen LogP contribution in [-0.2, 0) is 0 Å². The average molecular weight is 429 g/mol. The fourth-order valence-corrected chi connectivity index (χ4v) is 4.30. The lowest BCUT2D eigenvalue weighted by Crippen LogP contribution is -2.33. The Labute approximate surface area is 178 Å². The van der Waals surface area contributed by atoms with Crippen molar-refractivity contribution in [3.8, 4) is 17.2 Å². The summed E-state index contributed by atoms with van der Waals surface area (Å²) in [5.74, 6) is 1.98. The highest BCUT2D eigenvalue weighted by atomic mass is 35.5. The van der Waals surface area contributed by atoms with E-state index in [1.165, 1.54) is 6.07 Å². The summed E-state index contributed by atoms with van der Waals surface area (Å²) in [7, 11) is 1.61. The first kappa shape index (κ1) is 20.2. The Hall–Kier alpha value is -3.13. The first-order valence-corrected chi connectivity index (χ1v) is 10.0. The van der Waals surface area contributed by atoms with Gasteiger partial charge in [0.25, 0.3) is 11.6 Å². The van der Waals surface area contributed by atoms with Gasteiger partial charge in [0.05, 0.1) is 28.3 Å². The van der Waals surface area contributed by atoms with E-state index in [1.807, 2.05) is 31.2 Å². The van der Waals surface area contributed by atoms with E-state index >= 15 is 0 Å². The Kier molecular flexibility index (Phi) is 5.59. The summed E-state index contributed by atoms with van der Waals surface area (Å²) in [6, 6.07) is 10.5. The number of rotatable bonds is 5. The number of methoxy groups -OCH3 is 1. The molecule has 0 saturated carbocycles. The van der Waals surface area contributed by atoms with Crippen LogP contribution in [0.3, 0.4) is 0 Å². The number of benzene rings is 2. The van der Waals surface area contributed by atoms with Gasteiger partial charge in [-0.15, -0.1) is 0 Å². The molecule has 0 radical (unpaired) electrons. The second-order valence-electron chi connectivity index (χ2n) is 7.27. The molecule has 0 bridgehead atoms. The number of nitro benzene ring substituents is 1. The van der Waals surface area contributed by atoms with Crippen molar-refractivity contribution in [1.82, 2.24) is 10.1 Å². The van der Waals surface area contributed by atoms with Crippen molar-refractivity contribution in [3.63, 3.8) is 0 Å². The van der Waals surface area contributed by atoms with Gasteiger partial charge in [0, 0.05) is 31.1 Å². The maximum absolute atomic E-state index is 11.0. The van der Waals surface area contributed by atoms with Gasteiger partial charge in [0.1, 0.15) is 5.75 Å². The average Bonchev–Trinajstić information content (AvgIpc) is 3.23. The molecular formula is C21H21ClN4O4. The molecule has 2 heterocycles. The number of nitro groups is 1. The maximum atomic E-state index is 11.0. The van der Waals surface area contributed by atoms with Crippen LogP contribution in [0.5, 0.6) is 5.75 Å². The fourth-order valence-electron chi connectivity index (χ4n) is 3.92. The van der Waals surface area contributed by atoms with Gasteiger partial charge in [-0.25, -0.2) is 0 Å². The van der Waals surface area contributed by atoms with Crippen LogP contribution in [-0.4, -0.2) is 35.3 Å². The summed E-state index contributed by atoms with van der Waals surface area (Å²) in [5, 5.41) is 15.6. The number of hydrogen-bond acceptors (Lipinski definition) is 7. The Morgan fingerprint density at radius 2 is 2.00 bits per heavy atom. The minimum Gasteiger partial charge on any atom is -0.496 e. The van der Waals surface area contributed by atoms with Crippen LogP contribution in [0.2, 0.25) is 5.02 Å². The summed E-state index contributed by atoms with van der Waals surface area (Å²) in [5.41, 5.74) is 2.42. The van der Waals surface area contributed by atoms with Gasteiger partial charge in [-0.3, -0.25) is 10.1 Å². The number of nitrogens with zero attached hydrogens (tertiary/aromatic N) is 4. The van der Waals surface area contributed by atoms with Crippen molar-refractivity contribution in [3.05, 3.63) is 62.9 Å². The van der Waals surface area contributed by atoms with E-state index in [4.69, 9.17) is 20.9 Å². The van der Waals surface area contributed by atoms with E-state index < -0.39 is 4.92 Å². The highest BCUT2D eigenvalue weighted by Crippen LogP contribution is 2.38. The molecule has 3 aromatic rings. The SMILES string of the molecule is COc1ccccc1-c1nc(C2CCN(c3c(C)cc([N+](=O)[O-])cc3Cl)CC2)no1. The molecule has 1 fully saturated rings. The zero-order valence-electron chi connectivity index (χ0n) is 16.7. The van der Waals surface area contributed by atoms with Gasteiger partial charge in [0.15, 0.2) is 5.82 Å². The smallest absolute Gasteiger partial charge is 0.271 e. The molecule has 0 spiro atoms. The van der Waals surface area contributed by atoms with Crippen LogP contribution >= 0.6 is 11.6 Å². The van der Waals surface area contributed by atoms with Crippen molar-refractivity contribution in [2.24, 2.45) is 0 Å². The highest BCUT2D eigenvalue weighted by Gasteiger charge is 2.28. The number of halogens is 1. The molecular weight excluding hydrogens is 408 g/mol. The largest absolute Gasteiger partial charge is 0.496 e. The molecule has 4 rings (SSSR count). The predicted molar refractivity (Wildman–Crippen MR) is 113 cm³/mol. The van der Waals surface area contributed by atoms with E-state index in [2.05, 4.69) is 15.0 Å². The maximum Gasteiger partial charge on any atom is 0.271 e. The van der Waals surface area contributed by atoms with Crippen LogP contribution in [0.1, 0.15) is 30.1 Å². The second-order valence-corrected chi connectivity index (χ2v) is 7.68. The van der Waals surface area contributed by atoms with Crippen LogP contribution in [0.15, 0.2) is 40.9 Å². The first-order valence-electron chi connectivity index (χ1n) is 9.64. The van der Waals surface area contributed by atoms with Crippen molar-refractivity contribution in [2.75, 3.05) is 25.1 Å². The fraction of sp³-hybridized carbons (Fsp3) is 0.333. The molecule has 0 amide bonds. The van der Waals surface area contributed by atoms with Crippen molar-refractivity contribution < 1.29 is 14.2 Å². The topological polar surface area (TPSA) is 94.5 Å². The zero-order chi connectivity index (χ0) is 21.3. The summed E-state index contributed by atoms with van der Waals surface area (Å²) < 4.78 is 10.9. The number of piperidine rings is 1. The summed E-state index contributed by atoms with van der Waals surface area (Å²) >= 11 is 6.37. The molecule has 1 saturated heterocycles. The Morgan fingerprint density at radius 1 is 1.27 bits per heavy atom. The lowest BCUT2D eigenvalue weighted by molar-refractivity contribution is -0.384. The third kappa shape index (κ3) is 3.82. The van der Waals surface area contributed by atoms with Gasteiger partial charge >= 0.3 is 0 Å². The van der Waals surface area contributed by atoms with Gasteiger partial charge in [-0.1, -0.05) is 28.9 Å². The predicted octanol–water partition coefficient (Wildman–Crippen LogP) is 5.00. The number of para-hydroxylation sites is 1. The minimum absolute atomic E-state index is 0.00630. The molecule has 2 aromatic carbocycles. The number of ether oxygens (including phenoxy) is 1. The zero-order valence-corrected chi connectivity index (χ0v) is 17.4. The lowest BCUT2D eigenvalue weighted by atomic mass is 9.95. The normalized spacial score (nSPS) is 14.7. The number of aromatic nitrogens is 2. The van der Waals surface area contributed by atoms with E-state index in [1.54, 1.807) is 13.2 Å². The van der Waals surface area contributed by atoms with Gasteiger partial charge in [-0.2, -0.15) is 4.98 Å². The molecule has 0 atom stereocenters. The standard InChI is InChI=1S/C21H21ClN4O4/c1-13-11-15(26(27)28)12-17(22)19(13)25-9-7-14(8-10-25)20-23-21(30-24-20)16-5-3-4-6-18(16)29-2/h3-6,11-12,14H,7-10H2,1-2H3. The number of hydrogen-bond donors (Lipinski definition) is 0. The molecule has 1 aliphatic heterocycles. The molecule has 1 aliphatic rings. The molecule has 1 aromatic heterocycles. The number of non-ortho nitro benzene ring substituents is 1. The third-order valence-corrected chi connectivity index (χ3v) is 5.69. The Balaban J connectivity index is 1.48. The molecule has 0 aliphatic carbocycles. The van der Waals surface area contributed by atoms with E-state index in [-0.39, 0.29) is 11.6 Å². The van der Waals surface area contributed by atoms with Crippen LogP contribution in [0.25, 0.3) is 11.5 Å². The number of anilines is 1. The van der Waals surface area contributed by atoms with Crippen LogP contribution in [0, 0.1) is 17.0 Å². The quantitative estimate of drug-likeness (QED) is 0.416. The molecule has 0 N–H and O–H groups in total. The highest BCUT2D eigenvalue weighted by molar-refractivity contribution is 6.33. The molecule has 156 valence electrons. The first-order chi connectivity index (χ1) is 14.5. The Bertz CT molecular complexity index is 1050. The van der Waals surface area contributed by atoms with Crippen molar-refractivity contribution in [1.29, 1.82) is 0 Å².